The summed E-state index contributed by atoms with van der Waals surface area (Å²) in [6.45, 7) is -0.0373. The summed E-state index contributed by atoms with van der Waals surface area (Å²) in [4.78, 5) is 29.5. The van der Waals surface area contributed by atoms with Gasteiger partial charge in [-0.1, -0.05) is 6.07 Å². The molecule has 7 nitrogen and oxygen atoms in total. The number of carbonyl (C=O) groups is 2. The van der Waals surface area contributed by atoms with Gasteiger partial charge in [-0.25, -0.2) is 13.6 Å². The number of urea groups is 1. The lowest BCUT2D eigenvalue weighted by molar-refractivity contribution is 0.103. The van der Waals surface area contributed by atoms with E-state index in [0.29, 0.717) is 16.7 Å². The van der Waals surface area contributed by atoms with Crippen LogP contribution in [-0.2, 0) is 0 Å². The normalized spacial score (nSPS) is 10.7. The Hall–Kier alpha value is -4.37. The Morgan fingerprint density at radius 1 is 0.882 bits per heavy atom. The van der Waals surface area contributed by atoms with E-state index in [1.54, 1.807) is 24.3 Å². The van der Waals surface area contributed by atoms with Gasteiger partial charge in [0.05, 0.1) is 18.3 Å². The Labute approximate surface area is 193 Å². The van der Waals surface area contributed by atoms with Crippen molar-refractivity contribution in [2.75, 3.05) is 23.8 Å². The average molecular weight is 463 g/mol. The van der Waals surface area contributed by atoms with E-state index < -0.39 is 23.4 Å². The van der Waals surface area contributed by atoms with Crippen molar-refractivity contribution >= 4 is 34.1 Å². The Balaban J connectivity index is 1.55. The summed E-state index contributed by atoms with van der Waals surface area (Å²) in [6, 6.07) is 14.6. The number of ketones is 1. The van der Waals surface area contributed by atoms with Crippen LogP contribution in [-0.4, -0.2) is 35.1 Å². The summed E-state index contributed by atoms with van der Waals surface area (Å²) in [5, 5.41) is 14.4. The molecule has 0 saturated heterocycles. The van der Waals surface area contributed by atoms with Crippen LogP contribution in [0.5, 0.6) is 5.75 Å². The summed E-state index contributed by atoms with van der Waals surface area (Å²) < 4.78 is 32.9. The quantitative estimate of drug-likeness (QED) is 0.343. The molecule has 0 spiro atoms. The minimum atomic E-state index is -0.721. The molecule has 34 heavy (non-hydrogen) atoms. The standard InChI is InChI=1S/C25H19F2N3O4/c26-18-2-1-3-20(12-18)29-25(33)30-21-10-17(9-19(27)13-21)24(32)15-4-5-23-16(8-15)11-22(14-28-23)34-7-6-31/h1-5,8-14,31H,6-7H2,(H2,29,30,33). The van der Waals surface area contributed by atoms with E-state index >= 15 is 0 Å². The zero-order valence-electron chi connectivity index (χ0n) is 17.7. The third-order valence-corrected chi connectivity index (χ3v) is 4.78. The number of aliphatic hydroxyl groups is 1. The Morgan fingerprint density at radius 2 is 1.68 bits per heavy atom. The third-order valence-electron chi connectivity index (χ3n) is 4.78. The van der Waals surface area contributed by atoms with Crippen LogP contribution in [0.4, 0.5) is 25.0 Å². The molecule has 172 valence electrons. The van der Waals surface area contributed by atoms with Crippen molar-refractivity contribution < 1.29 is 28.2 Å². The van der Waals surface area contributed by atoms with Crippen molar-refractivity contribution in [2.45, 2.75) is 0 Å². The van der Waals surface area contributed by atoms with Crippen molar-refractivity contribution in [3.05, 3.63) is 95.7 Å². The van der Waals surface area contributed by atoms with Crippen molar-refractivity contribution in [1.82, 2.24) is 4.98 Å². The van der Waals surface area contributed by atoms with Gasteiger partial charge < -0.3 is 20.5 Å². The van der Waals surface area contributed by atoms with Crippen LogP contribution >= 0.6 is 0 Å². The molecule has 0 aliphatic heterocycles. The van der Waals surface area contributed by atoms with Crippen LogP contribution in [0, 0.1) is 11.6 Å². The fourth-order valence-corrected chi connectivity index (χ4v) is 3.31. The number of anilines is 2. The van der Waals surface area contributed by atoms with E-state index in [1.807, 2.05) is 0 Å². The fraction of sp³-hybridized carbons (Fsp3) is 0.0800. The lowest BCUT2D eigenvalue weighted by Gasteiger charge is -2.10. The first-order valence-corrected chi connectivity index (χ1v) is 10.2. The van der Waals surface area contributed by atoms with Gasteiger partial charge in [0.25, 0.3) is 0 Å². The summed E-state index contributed by atoms with van der Waals surface area (Å²) in [7, 11) is 0. The molecular formula is C25H19F2N3O4. The molecular weight excluding hydrogens is 444 g/mol. The second kappa shape index (κ2) is 10.1. The fourth-order valence-electron chi connectivity index (χ4n) is 3.31. The minimum absolute atomic E-state index is 0.0287. The Bertz CT molecular complexity index is 1380. The highest BCUT2D eigenvalue weighted by Crippen LogP contribution is 2.23. The van der Waals surface area contributed by atoms with E-state index in [4.69, 9.17) is 9.84 Å². The van der Waals surface area contributed by atoms with Crippen molar-refractivity contribution in [2.24, 2.45) is 0 Å². The molecule has 3 aromatic carbocycles. The highest BCUT2D eigenvalue weighted by Gasteiger charge is 2.14. The number of amides is 2. The molecule has 0 radical (unpaired) electrons. The van der Waals surface area contributed by atoms with Crippen LogP contribution in [0.1, 0.15) is 15.9 Å². The number of aliphatic hydroxyl groups excluding tert-OH is 1. The molecule has 3 N–H and O–H groups in total. The van der Waals surface area contributed by atoms with E-state index in [0.717, 1.165) is 18.2 Å². The number of nitrogens with one attached hydrogen (secondary N) is 2. The first-order valence-electron chi connectivity index (χ1n) is 10.2. The Morgan fingerprint density at radius 3 is 2.47 bits per heavy atom. The number of nitrogens with zero attached hydrogens (tertiary/aromatic N) is 1. The third kappa shape index (κ3) is 5.51. The first kappa shape index (κ1) is 22.8. The summed E-state index contributed by atoms with van der Waals surface area (Å²) in [5.74, 6) is -1.26. The molecule has 9 heteroatoms. The van der Waals surface area contributed by atoms with Crippen LogP contribution in [0.25, 0.3) is 10.9 Å². The van der Waals surface area contributed by atoms with Gasteiger partial charge in [0.1, 0.15) is 24.0 Å². The first-order chi connectivity index (χ1) is 16.4. The number of pyridine rings is 1. The van der Waals surface area contributed by atoms with E-state index in [1.165, 1.54) is 30.5 Å². The molecule has 4 rings (SSSR count). The number of hydrogen-bond donors (Lipinski definition) is 3. The maximum absolute atomic E-state index is 14.2. The minimum Gasteiger partial charge on any atom is -0.490 e. The second-order valence-corrected chi connectivity index (χ2v) is 7.30. The molecule has 2 amide bonds. The maximum Gasteiger partial charge on any atom is 0.323 e. The second-order valence-electron chi connectivity index (χ2n) is 7.30. The van der Waals surface area contributed by atoms with E-state index in [-0.39, 0.29) is 35.7 Å². The molecule has 0 unspecified atom stereocenters. The van der Waals surface area contributed by atoms with Crippen molar-refractivity contribution in [3.8, 4) is 5.75 Å². The summed E-state index contributed by atoms with van der Waals surface area (Å²) in [6.07, 6.45) is 1.51. The molecule has 0 atom stereocenters. The van der Waals surface area contributed by atoms with Gasteiger partial charge in [-0.3, -0.25) is 9.78 Å². The predicted molar refractivity (Wildman–Crippen MR) is 123 cm³/mol. The molecule has 0 aliphatic carbocycles. The topological polar surface area (TPSA) is 101 Å². The monoisotopic (exact) mass is 463 g/mol. The molecule has 1 heterocycles. The number of hydrogen-bond acceptors (Lipinski definition) is 5. The van der Waals surface area contributed by atoms with Crippen molar-refractivity contribution in [1.29, 1.82) is 0 Å². The van der Waals surface area contributed by atoms with E-state index in [9.17, 15) is 18.4 Å². The number of aromatic nitrogens is 1. The lowest BCUT2D eigenvalue weighted by Crippen LogP contribution is -2.20. The van der Waals surface area contributed by atoms with Gasteiger partial charge in [0.2, 0.25) is 0 Å². The highest BCUT2D eigenvalue weighted by molar-refractivity contribution is 6.11. The van der Waals surface area contributed by atoms with Gasteiger partial charge >= 0.3 is 6.03 Å². The highest BCUT2D eigenvalue weighted by atomic mass is 19.1. The number of halogens is 2. The summed E-state index contributed by atoms with van der Waals surface area (Å²) >= 11 is 0. The van der Waals surface area contributed by atoms with Crippen LogP contribution in [0.15, 0.2) is 72.9 Å². The zero-order chi connectivity index (χ0) is 24.1. The number of carbonyl (C=O) groups excluding carboxylic acids is 2. The average Bonchev–Trinajstić information content (AvgIpc) is 2.81. The van der Waals surface area contributed by atoms with Gasteiger partial charge in [-0.2, -0.15) is 0 Å². The maximum atomic E-state index is 14.2. The molecule has 1 aromatic heterocycles. The largest absolute Gasteiger partial charge is 0.490 e. The van der Waals surface area contributed by atoms with Gasteiger partial charge in [0, 0.05) is 27.9 Å². The summed E-state index contributed by atoms with van der Waals surface area (Å²) in [5.41, 5.74) is 1.22. The number of benzene rings is 3. The number of rotatable bonds is 7. The van der Waals surface area contributed by atoms with Gasteiger partial charge in [-0.05, 0) is 60.7 Å². The van der Waals surface area contributed by atoms with Gasteiger partial charge in [0.15, 0.2) is 5.78 Å². The SMILES string of the molecule is O=C(Nc1cccc(F)c1)Nc1cc(F)cc(C(=O)c2ccc3ncc(OCCO)cc3c2)c1. The molecule has 4 aromatic rings. The Kier molecular flexibility index (Phi) is 6.74. The van der Waals surface area contributed by atoms with Crippen molar-refractivity contribution in [3.63, 3.8) is 0 Å². The number of fused-ring (bicyclic) bond motifs is 1. The van der Waals surface area contributed by atoms with Crippen LogP contribution in [0.3, 0.4) is 0 Å². The smallest absolute Gasteiger partial charge is 0.323 e. The zero-order valence-corrected chi connectivity index (χ0v) is 17.7. The van der Waals surface area contributed by atoms with E-state index in [2.05, 4.69) is 15.6 Å². The molecule has 0 bridgehead atoms. The van der Waals surface area contributed by atoms with Crippen LogP contribution in [0.2, 0.25) is 0 Å². The molecule has 0 saturated carbocycles. The predicted octanol–water partition coefficient (Wildman–Crippen LogP) is 4.76. The lowest BCUT2D eigenvalue weighted by atomic mass is 10.0. The molecule has 0 fully saturated rings. The van der Waals surface area contributed by atoms with Crippen LogP contribution < -0.4 is 15.4 Å². The van der Waals surface area contributed by atoms with Gasteiger partial charge in [-0.15, -0.1) is 0 Å². The number of ether oxygens (including phenoxy) is 1. The molecule has 0 aliphatic rings.